The molecule has 18 heavy (non-hydrogen) atoms. The van der Waals surface area contributed by atoms with Gasteiger partial charge in [0.25, 0.3) is 0 Å². The number of carboxylic acid groups (broad SMARTS) is 1. The Morgan fingerprint density at radius 3 is 2.28 bits per heavy atom. The third-order valence-corrected chi connectivity index (χ3v) is 3.58. The second kappa shape index (κ2) is 5.40. The zero-order valence-electron chi connectivity index (χ0n) is 10.9. The minimum atomic E-state index is -0.888. The molecule has 2 N–H and O–H groups in total. The number of carboxylic acids is 1. The maximum Gasteiger partial charge on any atom is 0.335 e. The van der Waals surface area contributed by atoms with Crippen LogP contribution in [0.25, 0.3) is 0 Å². The summed E-state index contributed by atoms with van der Waals surface area (Å²) in [6.07, 6.45) is 3.67. The van der Waals surface area contributed by atoms with Crippen molar-refractivity contribution >= 4 is 11.7 Å². The predicted molar refractivity (Wildman–Crippen MR) is 71.6 cm³/mol. The van der Waals surface area contributed by atoms with Gasteiger partial charge in [-0.2, -0.15) is 0 Å². The molecule has 1 aromatic rings. The number of nitrogens with zero attached hydrogens (tertiary/aromatic N) is 1. The van der Waals surface area contributed by atoms with Crippen LogP contribution in [0.3, 0.4) is 0 Å². The Balaban J connectivity index is 2.06. The van der Waals surface area contributed by atoms with E-state index in [0.717, 1.165) is 5.69 Å². The number of anilines is 1. The van der Waals surface area contributed by atoms with Crippen molar-refractivity contribution in [2.75, 3.05) is 5.43 Å². The van der Waals surface area contributed by atoms with Crippen LogP contribution >= 0.6 is 0 Å². The topological polar surface area (TPSA) is 52.6 Å². The number of piperidine rings is 1. The molecule has 4 nitrogen and oxygen atoms in total. The Morgan fingerprint density at radius 2 is 1.78 bits per heavy atom. The Hall–Kier alpha value is -1.55. The lowest BCUT2D eigenvalue weighted by Gasteiger charge is -2.39. The second-order valence-electron chi connectivity index (χ2n) is 5.03. The molecule has 1 aliphatic heterocycles. The highest BCUT2D eigenvalue weighted by Crippen LogP contribution is 2.23. The molecule has 0 saturated carbocycles. The Labute approximate surface area is 108 Å². The summed E-state index contributed by atoms with van der Waals surface area (Å²) in [6, 6.07) is 7.91. The highest BCUT2D eigenvalue weighted by Gasteiger charge is 2.24. The van der Waals surface area contributed by atoms with Crippen molar-refractivity contribution < 1.29 is 9.90 Å². The molecule has 2 rings (SSSR count). The molecular formula is C14H20N2O2. The zero-order valence-corrected chi connectivity index (χ0v) is 10.9. The maximum absolute atomic E-state index is 10.8. The molecule has 0 spiro atoms. The molecular weight excluding hydrogens is 228 g/mol. The average Bonchev–Trinajstić information content (AvgIpc) is 2.34. The minimum absolute atomic E-state index is 0.320. The van der Waals surface area contributed by atoms with Crippen LogP contribution < -0.4 is 5.43 Å². The lowest BCUT2D eigenvalue weighted by Crippen LogP contribution is -2.47. The first-order chi connectivity index (χ1) is 8.58. The number of aromatic carboxylic acids is 1. The molecule has 1 saturated heterocycles. The summed E-state index contributed by atoms with van der Waals surface area (Å²) in [7, 11) is 0. The van der Waals surface area contributed by atoms with Crippen molar-refractivity contribution in [3.05, 3.63) is 29.8 Å². The van der Waals surface area contributed by atoms with Gasteiger partial charge >= 0.3 is 5.97 Å². The fourth-order valence-electron chi connectivity index (χ4n) is 2.48. The molecule has 0 radical (unpaired) electrons. The fraction of sp³-hybridized carbons (Fsp3) is 0.500. The van der Waals surface area contributed by atoms with Gasteiger partial charge < -0.3 is 10.5 Å². The van der Waals surface area contributed by atoms with E-state index in [-0.39, 0.29) is 0 Å². The molecule has 1 aromatic carbocycles. The van der Waals surface area contributed by atoms with Gasteiger partial charge in [-0.05, 0) is 51.0 Å². The van der Waals surface area contributed by atoms with E-state index in [1.54, 1.807) is 12.1 Å². The SMILES string of the molecule is CC1CCCC(C)N1Nc1ccc(C(=O)O)cc1. The van der Waals surface area contributed by atoms with E-state index in [1.807, 2.05) is 12.1 Å². The van der Waals surface area contributed by atoms with Crippen LogP contribution in [0, 0.1) is 0 Å². The van der Waals surface area contributed by atoms with E-state index in [0.29, 0.717) is 17.6 Å². The molecule has 0 aliphatic carbocycles. The highest BCUT2D eigenvalue weighted by molar-refractivity contribution is 5.87. The van der Waals surface area contributed by atoms with Crippen molar-refractivity contribution in [2.24, 2.45) is 0 Å². The molecule has 0 bridgehead atoms. The van der Waals surface area contributed by atoms with Crippen LogP contribution in [0.1, 0.15) is 43.5 Å². The molecule has 2 atom stereocenters. The van der Waals surface area contributed by atoms with Gasteiger partial charge in [-0.15, -0.1) is 0 Å². The van der Waals surface area contributed by atoms with Crippen LogP contribution in [0.15, 0.2) is 24.3 Å². The van der Waals surface area contributed by atoms with Crippen LogP contribution in [0.4, 0.5) is 5.69 Å². The van der Waals surface area contributed by atoms with Gasteiger partial charge in [-0.1, -0.05) is 6.42 Å². The van der Waals surface area contributed by atoms with E-state index in [9.17, 15) is 4.79 Å². The largest absolute Gasteiger partial charge is 0.478 e. The molecule has 4 heteroatoms. The number of benzene rings is 1. The smallest absolute Gasteiger partial charge is 0.335 e. The first-order valence-corrected chi connectivity index (χ1v) is 6.46. The molecule has 1 aliphatic rings. The number of rotatable bonds is 3. The Bertz CT molecular complexity index is 406. The van der Waals surface area contributed by atoms with Gasteiger partial charge in [-0.25, -0.2) is 9.80 Å². The molecule has 2 unspecified atom stereocenters. The van der Waals surface area contributed by atoms with E-state index in [1.165, 1.54) is 19.3 Å². The summed E-state index contributed by atoms with van der Waals surface area (Å²) in [5.74, 6) is -0.888. The third-order valence-electron chi connectivity index (χ3n) is 3.58. The maximum atomic E-state index is 10.8. The summed E-state index contributed by atoms with van der Waals surface area (Å²) < 4.78 is 0. The first kappa shape index (κ1) is 12.9. The van der Waals surface area contributed by atoms with Crippen molar-refractivity contribution in [3.8, 4) is 0 Å². The number of hydrazine groups is 1. The normalized spacial score (nSPS) is 24.8. The quantitative estimate of drug-likeness (QED) is 0.863. The molecule has 0 amide bonds. The Morgan fingerprint density at radius 1 is 1.22 bits per heavy atom. The summed E-state index contributed by atoms with van der Waals surface area (Å²) in [4.78, 5) is 10.8. The predicted octanol–water partition coefficient (Wildman–Crippen LogP) is 2.97. The number of nitrogens with one attached hydrogen (secondary N) is 1. The zero-order chi connectivity index (χ0) is 13.1. The van der Waals surface area contributed by atoms with Gasteiger partial charge in [0.1, 0.15) is 0 Å². The minimum Gasteiger partial charge on any atom is -0.478 e. The van der Waals surface area contributed by atoms with Gasteiger partial charge in [0.05, 0.1) is 5.56 Å². The second-order valence-corrected chi connectivity index (χ2v) is 5.03. The van der Waals surface area contributed by atoms with Crippen molar-refractivity contribution in [2.45, 2.75) is 45.2 Å². The van der Waals surface area contributed by atoms with Crippen LogP contribution in [-0.2, 0) is 0 Å². The van der Waals surface area contributed by atoms with E-state index in [4.69, 9.17) is 5.11 Å². The Kier molecular flexibility index (Phi) is 3.87. The molecule has 0 aromatic heterocycles. The molecule has 1 heterocycles. The van der Waals surface area contributed by atoms with Crippen molar-refractivity contribution in [1.82, 2.24) is 5.01 Å². The van der Waals surface area contributed by atoms with Crippen molar-refractivity contribution in [3.63, 3.8) is 0 Å². The van der Waals surface area contributed by atoms with E-state index >= 15 is 0 Å². The average molecular weight is 248 g/mol. The van der Waals surface area contributed by atoms with Gasteiger partial charge in [0.15, 0.2) is 0 Å². The van der Waals surface area contributed by atoms with Gasteiger partial charge in [0, 0.05) is 17.8 Å². The monoisotopic (exact) mass is 248 g/mol. The summed E-state index contributed by atoms with van der Waals surface area (Å²) in [5.41, 5.74) is 4.65. The summed E-state index contributed by atoms with van der Waals surface area (Å²) >= 11 is 0. The number of carbonyl (C=O) groups is 1. The summed E-state index contributed by atoms with van der Waals surface area (Å²) in [6.45, 7) is 4.43. The summed E-state index contributed by atoms with van der Waals surface area (Å²) in [5, 5.41) is 11.1. The lowest BCUT2D eigenvalue weighted by atomic mass is 10.00. The first-order valence-electron chi connectivity index (χ1n) is 6.46. The lowest BCUT2D eigenvalue weighted by molar-refractivity contribution is 0.0697. The fourth-order valence-corrected chi connectivity index (χ4v) is 2.48. The number of hydrogen-bond acceptors (Lipinski definition) is 3. The van der Waals surface area contributed by atoms with Crippen LogP contribution in [0.2, 0.25) is 0 Å². The van der Waals surface area contributed by atoms with E-state index in [2.05, 4.69) is 24.3 Å². The third kappa shape index (κ3) is 2.82. The van der Waals surface area contributed by atoms with Crippen LogP contribution in [-0.4, -0.2) is 28.2 Å². The van der Waals surface area contributed by atoms with Crippen LogP contribution in [0.5, 0.6) is 0 Å². The molecule has 98 valence electrons. The van der Waals surface area contributed by atoms with Gasteiger partial charge in [-0.3, -0.25) is 0 Å². The highest BCUT2D eigenvalue weighted by atomic mass is 16.4. The molecule has 1 fully saturated rings. The standard InChI is InChI=1S/C14H20N2O2/c1-10-4-3-5-11(2)16(10)15-13-8-6-12(7-9-13)14(17)18/h6-11,15H,3-5H2,1-2H3,(H,17,18). The van der Waals surface area contributed by atoms with E-state index < -0.39 is 5.97 Å². The number of hydrogen-bond donors (Lipinski definition) is 2. The van der Waals surface area contributed by atoms with Gasteiger partial charge in [0.2, 0.25) is 0 Å². The van der Waals surface area contributed by atoms with Crippen molar-refractivity contribution in [1.29, 1.82) is 0 Å².